The fourth-order valence-corrected chi connectivity index (χ4v) is 5.18. The van der Waals surface area contributed by atoms with E-state index in [0.717, 1.165) is 11.3 Å². The van der Waals surface area contributed by atoms with E-state index >= 15 is 0 Å². The molecule has 1 amide bonds. The molecule has 0 aliphatic carbocycles. The maximum Gasteiger partial charge on any atom is 0.266 e. The lowest BCUT2D eigenvalue weighted by Gasteiger charge is -2.33. The number of amides is 1. The van der Waals surface area contributed by atoms with Crippen LogP contribution in [0.1, 0.15) is 50.4 Å². The number of hydrogen-bond donors (Lipinski definition) is 0. The molecule has 0 bridgehead atoms. The molecule has 2 aromatic heterocycles. The van der Waals surface area contributed by atoms with Crippen LogP contribution in [0.4, 0.5) is 4.39 Å². The van der Waals surface area contributed by atoms with Gasteiger partial charge in [0.2, 0.25) is 5.91 Å². The second-order valence-corrected chi connectivity index (χ2v) is 10.6. The molecule has 5 nitrogen and oxygen atoms in total. The summed E-state index contributed by atoms with van der Waals surface area (Å²) in [6.45, 7) is 6.75. The van der Waals surface area contributed by atoms with Crippen LogP contribution in [0.15, 0.2) is 64.8 Å². The third kappa shape index (κ3) is 5.52. The number of hydrogen-bond acceptors (Lipinski definition) is 4. The topological polar surface area (TPSA) is 55.2 Å². The largest absolute Gasteiger partial charge is 0.332 e. The number of thiophene rings is 1. The van der Waals surface area contributed by atoms with Gasteiger partial charge in [-0.05, 0) is 60.5 Å². The van der Waals surface area contributed by atoms with Crippen molar-refractivity contribution in [3.63, 3.8) is 0 Å². The normalized spacial score (nSPS) is 12.3. The van der Waals surface area contributed by atoms with Gasteiger partial charge in [0, 0.05) is 11.4 Å². The first-order valence-corrected chi connectivity index (χ1v) is 13.3. The summed E-state index contributed by atoms with van der Waals surface area (Å²) in [7, 11) is 0. The monoisotopic (exact) mass is 525 g/mol. The van der Waals surface area contributed by atoms with Crippen LogP contribution < -0.4 is 5.56 Å². The number of benzene rings is 2. The molecule has 4 rings (SSSR count). The van der Waals surface area contributed by atoms with Crippen LogP contribution in [0.25, 0.3) is 16.6 Å². The van der Waals surface area contributed by atoms with Gasteiger partial charge in [-0.3, -0.25) is 14.2 Å². The molecule has 8 heteroatoms. The van der Waals surface area contributed by atoms with Gasteiger partial charge >= 0.3 is 0 Å². The SMILES string of the molecule is CCC(c1nc2ccccc2c(=O)n1-c1ccc(F)c(Cl)c1)N(CCC(C)C)C(=O)Cc1cccs1. The zero-order valence-corrected chi connectivity index (χ0v) is 22.2. The van der Waals surface area contributed by atoms with Crippen molar-refractivity contribution in [2.24, 2.45) is 5.92 Å². The maximum absolute atomic E-state index is 14.0. The van der Waals surface area contributed by atoms with Gasteiger partial charge in [0.25, 0.3) is 5.56 Å². The molecule has 2 heterocycles. The van der Waals surface area contributed by atoms with Gasteiger partial charge < -0.3 is 4.90 Å². The van der Waals surface area contributed by atoms with E-state index in [2.05, 4.69) is 13.8 Å². The highest BCUT2D eigenvalue weighted by Gasteiger charge is 2.29. The number of rotatable bonds is 9. The lowest BCUT2D eigenvalue weighted by atomic mass is 10.1. The first-order chi connectivity index (χ1) is 17.3. The highest BCUT2D eigenvalue weighted by molar-refractivity contribution is 7.10. The van der Waals surface area contributed by atoms with Crippen molar-refractivity contribution in [3.8, 4) is 5.69 Å². The van der Waals surface area contributed by atoms with E-state index in [9.17, 15) is 14.0 Å². The van der Waals surface area contributed by atoms with Crippen LogP contribution in [0.2, 0.25) is 5.02 Å². The number of nitrogens with zero attached hydrogens (tertiary/aromatic N) is 3. The number of para-hydroxylation sites is 1. The fraction of sp³-hybridized carbons (Fsp3) is 0.321. The lowest BCUT2D eigenvalue weighted by Crippen LogP contribution is -2.40. The average Bonchev–Trinajstić information content (AvgIpc) is 3.36. The molecule has 188 valence electrons. The molecule has 1 unspecified atom stereocenters. The quantitative estimate of drug-likeness (QED) is 0.241. The summed E-state index contributed by atoms with van der Waals surface area (Å²) in [5.74, 6) is 0.242. The van der Waals surface area contributed by atoms with Gasteiger partial charge in [0.15, 0.2) is 0 Å². The molecule has 0 N–H and O–H groups in total. The third-order valence-electron chi connectivity index (χ3n) is 6.20. The Hall–Kier alpha value is -3.03. The van der Waals surface area contributed by atoms with E-state index in [1.165, 1.54) is 22.8 Å². The van der Waals surface area contributed by atoms with Crippen LogP contribution in [0.5, 0.6) is 0 Å². The Bertz CT molecular complexity index is 1420. The molecule has 2 aromatic carbocycles. The summed E-state index contributed by atoms with van der Waals surface area (Å²) < 4.78 is 15.5. The minimum Gasteiger partial charge on any atom is -0.332 e. The van der Waals surface area contributed by atoms with Crippen LogP contribution in [0, 0.1) is 11.7 Å². The maximum atomic E-state index is 14.0. The molecule has 0 aliphatic rings. The minimum atomic E-state index is -0.569. The van der Waals surface area contributed by atoms with Crippen molar-refractivity contribution in [2.75, 3.05) is 6.54 Å². The zero-order valence-electron chi connectivity index (χ0n) is 20.6. The van der Waals surface area contributed by atoms with Crippen molar-refractivity contribution in [1.29, 1.82) is 0 Å². The van der Waals surface area contributed by atoms with Gasteiger partial charge in [-0.2, -0.15) is 0 Å². The summed E-state index contributed by atoms with van der Waals surface area (Å²) >= 11 is 7.65. The van der Waals surface area contributed by atoms with E-state index in [1.807, 2.05) is 35.4 Å². The minimum absolute atomic E-state index is 0.0175. The van der Waals surface area contributed by atoms with Gasteiger partial charge in [-0.25, -0.2) is 9.37 Å². The van der Waals surface area contributed by atoms with Gasteiger partial charge in [0.1, 0.15) is 11.6 Å². The highest BCUT2D eigenvalue weighted by atomic mass is 35.5. The van der Waals surface area contributed by atoms with E-state index < -0.39 is 11.9 Å². The Morgan fingerprint density at radius 3 is 2.61 bits per heavy atom. The van der Waals surface area contributed by atoms with Crippen molar-refractivity contribution >= 4 is 39.7 Å². The first kappa shape index (κ1) is 26.0. The standard InChI is InChI=1S/C28H29ClFN3O2S/c1-4-25(32(14-13-18(2)3)26(34)17-20-8-7-15-36-20)27-31-24-10-6-5-9-21(24)28(35)33(27)19-11-12-23(30)22(29)16-19/h5-12,15-16,18,25H,4,13-14,17H2,1-3H3. The molecule has 0 radical (unpaired) electrons. The lowest BCUT2D eigenvalue weighted by molar-refractivity contribution is -0.133. The summed E-state index contributed by atoms with van der Waals surface area (Å²) in [5.41, 5.74) is 0.675. The van der Waals surface area contributed by atoms with E-state index in [0.29, 0.717) is 41.3 Å². The van der Waals surface area contributed by atoms with Crippen molar-refractivity contribution in [1.82, 2.24) is 14.5 Å². The molecule has 0 fully saturated rings. The first-order valence-electron chi connectivity index (χ1n) is 12.1. The number of carbonyl (C=O) groups excluding carboxylic acids is 1. The van der Waals surface area contributed by atoms with E-state index in [-0.39, 0.29) is 22.9 Å². The Morgan fingerprint density at radius 1 is 1.17 bits per heavy atom. The van der Waals surface area contributed by atoms with Crippen molar-refractivity contribution in [2.45, 2.75) is 46.1 Å². The van der Waals surface area contributed by atoms with Crippen molar-refractivity contribution < 1.29 is 9.18 Å². The van der Waals surface area contributed by atoms with Crippen LogP contribution >= 0.6 is 22.9 Å². The van der Waals surface area contributed by atoms with Crippen LogP contribution in [-0.2, 0) is 11.2 Å². The summed E-state index contributed by atoms with van der Waals surface area (Å²) in [6, 6.07) is 14.7. The van der Waals surface area contributed by atoms with E-state index in [4.69, 9.17) is 16.6 Å². The molecular formula is C28H29ClFN3O2S. The molecule has 0 aliphatic heterocycles. The van der Waals surface area contributed by atoms with Gasteiger partial charge in [-0.1, -0.05) is 50.6 Å². The van der Waals surface area contributed by atoms with E-state index in [1.54, 1.807) is 29.5 Å². The molecule has 4 aromatic rings. The Morgan fingerprint density at radius 2 is 1.94 bits per heavy atom. The number of carbonyl (C=O) groups is 1. The van der Waals surface area contributed by atoms with Gasteiger partial charge in [-0.15, -0.1) is 11.3 Å². The molecular weight excluding hydrogens is 497 g/mol. The molecule has 0 saturated carbocycles. The second kappa shape index (κ2) is 11.4. The van der Waals surface area contributed by atoms with Crippen LogP contribution in [-0.4, -0.2) is 26.9 Å². The summed E-state index contributed by atoms with van der Waals surface area (Å²) in [5, 5.41) is 2.31. The molecule has 1 atom stereocenters. The number of fused-ring (bicyclic) bond motifs is 1. The summed E-state index contributed by atoms with van der Waals surface area (Å²) in [4.78, 5) is 35.1. The second-order valence-electron chi connectivity index (χ2n) is 9.18. The van der Waals surface area contributed by atoms with Gasteiger partial charge in [0.05, 0.1) is 34.1 Å². The Balaban J connectivity index is 1.90. The number of aromatic nitrogens is 2. The Labute approximate surface area is 219 Å². The Kier molecular flexibility index (Phi) is 8.21. The summed E-state index contributed by atoms with van der Waals surface area (Å²) in [6.07, 6.45) is 1.65. The fourth-order valence-electron chi connectivity index (χ4n) is 4.30. The predicted molar refractivity (Wildman–Crippen MR) is 145 cm³/mol. The average molecular weight is 526 g/mol. The molecule has 0 saturated heterocycles. The highest BCUT2D eigenvalue weighted by Crippen LogP contribution is 2.29. The molecule has 36 heavy (non-hydrogen) atoms. The number of halogens is 2. The zero-order chi connectivity index (χ0) is 25.8. The molecule has 0 spiro atoms. The predicted octanol–water partition coefficient (Wildman–Crippen LogP) is 6.81. The van der Waals surface area contributed by atoms with Crippen LogP contribution in [0.3, 0.4) is 0 Å². The third-order valence-corrected chi connectivity index (χ3v) is 7.36. The van der Waals surface area contributed by atoms with Crippen molar-refractivity contribution in [3.05, 3.63) is 91.9 Å². The smallest absolute Gasteiger partial charge is 0.266 e.